The first kappa shape index (κ1) is 19.7. The SMILES string of the molecule is COCCCNC(=O)/C(=C/c1ccc(Cl)cc1)NC(=O)c1ccccc1. The van der Waals surface area contributed by atoms with E-state index in [0.717, 1.165) is 5.56 Å². The third-order valence-corrected chi connectivity index (χ3v) is 3.77. The van der Waals surface area contributed by atoms with E-state index in [1.54, 1.807) is 61.7 Å². The van der Waals surface area contributed by atoms with Gasteiger partial charge in [-0.05, 0) is 42.3 Å². The van der Waals surface area contributed by atoms with Crippen molar-refractivity contribution in [2.75, 3.05) is 20.3 Å². The molecule has 26 heavy (non-hydrogen) atoms. The van der Waals surface area contributed by atoms with E-state index in [4.69, 9.17) is 16.3 Å². The molecule has 0 aromatic heterocycles. The Labute approximate surface area is 158 Å². The molecule has 2 amide bonds. The molecule has 0 atom stereocenters. The smallest absolute Gasteiger partial charge is 0.267 e. The molecule has 0 saturated heterocycles. The fourth-order valence-electron chi connectivity index (χ4n) is 2.18. The van der Waals surface area contributed by atoms with Gasteiger partial charge in [0.25, 0.3) is 11.8 Å². The number of hydrogen-bond acceptors (Lipinski definition) is 3. The Morgan fingerprint density at radius 3 is 2.42 bits per heavy atom. The number of carbonyl (C=O) groups is 2. The number of rotatable bonds is 8. The fourth-order valence-corrected chi connectivity index (χ4v) is 2.31. The molecule has 6 heteroatoms. The van der Waals surface area contributed by atoms with Crippen LogP contribution in [0, 0.1) is 0 Å². The molecule has 2 N–H and O–H groups in total. The van der Waals surface area contributed by atoms with Crippen molar-refractivity contribution < 1.29 is 14.3 Å². The van der Waals surface area contributed by atoms with Gasteiger partial charge in [0.1, 0.15) is 5.70 Å². The lowest BCUT2D eigenvalue weighted by Gasteiger charge is -2.11. The summed E-state index contributed by atoms with van der Waals surface area (Å²) in [6.07, 6.45) is 2.30. The van der Waals surface area contributed by atoms with Gasteiger partial charge in [-0.25, -0.2) is 0 Å². The molecule has 5 nitrogen and oxygen atoms in total. The number of halogens is 1. The van der Waals surface area contributed by atoms with Crippen molar-refractivity contribution in [3.8, 4) is 0 Å². The lowest BCUT2D eigenvalue weighted by Crippen LogP contribution is -2.35. The van der Waals surface area contributed by atoms with Gasteiger partial charge in [-0.2, -0.15) is 0 Å². The van der Waals surface area contributed by atoms with E-state index in [1.807, 2.05) is 6.07 Å². The van der Waals surface area contributed by atoms with Gasteiger partial charge in [0.15, 0.2) is 0 Å². The molecule has 2 aromatic rings. The van der Waals surface area contributed by atoms with E-state index in [-0.39, 0.29) is 17.5 Å². The van der Waals surface area contributed by atoms with Crippen molar-refractivity contribution >= 4 is 29.5 Å². The molecule has 0 fully saturated rings. The van der Waals surface area contributed by atoms with Crippen molar-refractivity contribution in [2.24, 2.45) is 0 Å². The molecule has 0 heterocycles. The Bertz CT molecular complexity index is 758. The number of nitrogens with one attached hydrogen (secondary N) is 2. The Morgan fingerprint density at radius 2 is 1.77 bits per heavy atom. The van der Waals surface area contributed by atoms with Crippen molar-refractivity contribution in [2.45, 2.75) is 6.42 Å². The maximum atomic E-state index is 12.5. The summed E-state index contributed by atoms with van der Waals surface area (Å²) < 4.78 is 4.97. The minimum Gasteiger partial charge on any atom is -0.385 e. The molecule has 136 valence electrons. The van der Waals surface area contributed by atoms with Gasteiger partial charge >= 0.3 is 0 Å². The number of benzene rings is 2. The molecular formula is C20H21ClN2O3. The van der Waals surface area contributed by atoms with Gasteiger partial charge in [0.05, 0.1) is 0 Å². The molecule has 0 aliphatic rings. The maximum absolute atomic E-state index is 12.5. The summed E-state index contributed by atoms with van der Waals surface area (Å²) >= 11 is 5.89. The number of methoxy groups -OCH3 is 1. The van der Waals surface area contributed by atoms with Crippen LogP contribution in [0.2, 0.25) is 5.02 Å². The Kier molecular flexibility index (Phi) is 7.86. The highest BCUT2D eigenvalue weighted by Crippen LogP contribution is 2.12. The van der Waals surface area contributed by atoms with Gasteiger partial charge in [-0.3, -0.25) is 9.59 Å². The predicted molar refractivity (Wildman–Crippen MR) is 103 cm³/mol. The summed E-state index contributed by atoms with van der Waals surface area (Å²) in [4.78, 5) is 24.9. The molecule has 0 unspecified atom stereocenters. The highest BCUT2D eigenvalue weighted by Gasteiger charge is 2.14. The second kappa shape index (κ2) is 10.4. The van der Waals surface area contributed by atoms with Crippen molar-refractivity contribution in [3.63, 3.8) is 0 Å². The first-order valence-corrected chi connectivity index (χ1v) is 8.59. The minimum absolute atomic E-state index is 0.165. The Balaban J connectivity index is 2.16. The quantitative estimate of drug-likeness (QED) is 0.552. The Morgan fingerprint density at radius 1 is 1.08 bits per heavy atom. The zero-order valence-corrected chi connectivity index (χ0v) is 15.3. The summed E-state index contributed by atoms with van der Waals surface area (Å²) in [5.74, 6) is -0.710. The van der Waals surface area contributed by atoms with E-state index < -0.39 is 0 Å². The molecule has 0 aliphatic heterocycles. The van der Waals surface area contributed by atoms with Crippen LogP contribution < -0.4 is 10.6 Å². The first-order valence-electron chi connectivity index (χ1n) is 8.21. The highest BCUT2D eigenvalue weighted by molar-refractivity contribution is 6.30. The lowest BCUT2D eigenvalue weighted by atomic mass is 10.1. The second-order valence-electron chi connectivity index (χ2n) is 5.53. The second-order valence-corrected chi connectivity index (χ2v) is 5.97. The molecule has 0 spiro atoms. The first-order chi connectivity index (χ1) is 12.6. The summed E-state index contributed by atoms with van der Waals surface area (Å²) in [5, 5.41) is 6.06. The van der Waals surface area contributed by atoms with Crippen molar-refractivity contribution in [1.29, 1.82) is 0 Å². The van der Waals surface area contributed by atoms with Crippen LogP contribution in [-0.2, 0) is 9.53 Å². The number of hydrogen-bond donors (Lipinski definition) is 2. The molecule has 0 bridgehead atoms. The highest BCUT2D eigenvalue weighted by atomic mass is 35.5. The molecular weight excluding hydrogens is 352 g/mol. The van der Waals surface area contributed by atoms with Crippen molar-refractivity contribution in [1.82, 2.24) is 10.6 Å². The van der Waals surface area contributed by atoms with Crippen molar-refractivity contribution in [3.05, 3.63) is 76.4 Å². The van der Waals surface area contributed by atoms with Crippen LogP contribution in [0.15, 0.2) is 60.3 Å². The molecule has 0 radical (unpaired) electrons. The number of carbonyl (C=O) groups excluding carboxylic acids is 2. The third kappa shape index (κ3) is 6.35. The predicted octanol–water partition coefficient (Wildman–Crippen LogP) is 3.26. The average Bonchev–Trinajstić information content (AvgIpc) is 2.67. The monoisotopic (exact) mass is 372 g/mol. The number of ether oxygens (including phenoxy) is 1. The number of amides is 2. The van der Waals surface area contributed by atoms with Crippen LogP contribution >= 0.6 is 11.6 Å². The van der Waals surface area contributed by atoms with Crippen LogP contribution in [0.25, 0.3) is 6.08 Å². The van der Waals surface area contributed by atoms with E-state index in [2.05, 4.69) is 10.6 Å². The van der Waals surface area contributed by atoms with Gasteiger partial charge in [0.2, 0.25) is 0 Å². The van der Waals surface area contributed by atoms with E-state index >= 15 is 0 Å². The molecule has 2 aromatic carbocycles. The average molecular weight is 373 g/mol. The summed E-state index contributed by atoms with van der Waals surface area (Å²) in [5.41, 5.74) is 1.39. The molecule has 2 rings (SSSR count). The fraction of sp³-hybridized carbons (Fsp3) is 0.200. The van der Waals surface area contributed by atoms with Crippen LogP contribution in [-0.4, -0.2) is 32.1 Å². The van der Waals surface area contributed by atoms with Gasteiger partial charge < -0.3 is 15.4 Å². The van der Waals surface area contributed by atoms with Crippen LogP contribution in [0.5, 0.6) is 0 Å². The standard InChI is InChI=1S/C20H21ClN2O3/c1-26-13-5-12-22-20(25)18(14-15-8-10-17(21)11-9-15)23-19(24)16-6-3-2-4-7-16/h2-4,6-11,14H,5,12-13H2,1H3,(H,22,25)(H,23,24)/b18-14-. The van der Waals surface area contributed by atoms with Crippen LogP contribution in [0.4, 0.5) is 0 Å². The Hall–Kier alpha value is -2.63. The zero-order chi connectivity index (χ0) is 18.8. The zero-order valence-electron chi connectivity index (χ0n) is 14.5. The van der Waals surface area contributed by atoms with E-state index in [9.17, 15) is 9.59 Å². The van der Waals surface area contributed by atoms with Crippen LogP contribution in [0.1, 0.15) is 22.3 Å². The summed E-state index contributed by atoms with van der Waals surface area (Å²) in [7, 11) is 1.60. The molecule has 0 aliphatic carbocycles. The van der Waals surface area contributed by atoms with E-state index in [0.29, 0.717) is 30.2 Å². The summed E-state index contributed by atoms with van der Waals surface area (Å²) in [6.45, 7) is 0.999. The molecule has 0 saturated carbocycles. The largest absolute Gasteiger partial charge is 0.385 e. The van der Waals surface area contributed by atoms with E-state index in [1.165, 1.54) is 0 Å². The third-order valence-electron chi connectivity index (χ3n) is 3.52. The normalized spacial score (nSPS) is 11.1. The lowest BCUT2D eigenvalue weighted by molar-refractivity contribution is -0.117. The van der Waals surface area contributed by atoms with Gasteiger partial charge in [0, 0.05) is 30.8 Å². The minimum atomic E-state index is -0.361. The van der Waals surface area contributed by atoms with Gasteiger partial charge in [-0.1, -0.05) is 41.9 Å². The van der Waals surface area contributed by atoms with Crippen LogP contribution in [0.3, 0.4) is 0 Å². The maximum Gasteiger partial charge on any atom is 0.267 e. The summed E-state index contributed by atoms with van der Waals surface area (Å²) in [6, 6.07) is 15.7. The topological polar surface area (TPSA) is 67.4 Å². The van der Waals surface area contributed by atoms with Gasteiger partial charge in [-0.15, -0.1) is 0 Å².